The number of ether oxygens (including phenoxy) is 3. The van der Waals surface area contributed by atoms with Gasteiger partial charge in [0, 0.05) is 22.7 Å². The van der Waals surface area contributed by atoms with Gasteiger partial charge in [-0.3, -0.25) is 14.4 Å². The molecule has 1 unspecified atom stereocenters. The van der Waals surface area contributed by atoms with E-state index in [1.165, 1.54) is 6.42 Å². The van der Waals surface area contributed by atoms with Crippen LogP contribution < -0.4 is 0 Å². The maximum absolute atomic E-state index is 14.2. The number of hydrogen-bond acceptors (Lipinski definition) is 7. The van der Waals surface area contributed by atoms with Gasteiger partial charge in [-0.15, -0.1) is 0 Å². The summed E-state index contributed by atoms with van der Waals surface area (Å²) >= 11 is 0. The molecule has 39 heavy (non-hydrogen) atoms. The molecule has 7 nitrogen and oxygen atoms in total. The molecule has 0 amide bonds. The first kappa shape index (κ1) is 27.3. The van der Waals surface area contributed by atoms with E-state index in [2.05, 4.69) is 13.8 Å². The van der Waals surface area contributed by atoms with Crippen LogP contribution in [0.15, 0.2) is 23.8 Å². The highest BCUT2D eigenvalue weighted by Gasteiger charge is 2.76. The lowest BCUT2D eigenvalue weighted by Crippen LogP contribution is -2.63. The van der Waals surface area contributed by atoms with Crippen molar-refractivity contribution in [2.45, 2.75) is 110 Å². The van der Waals surface area contributed by atoms with Gasteiger partial charge in [-0.05, 0) is 62.5 Å². The fourth-order valence-electron chi connectivity index (χ4n) is 9.62. The lowest BCUT2D eigenvalue weighted by molar-refractivity contribution is -0.210. The SMILES string of the molecule is CC(C)C(=O)OCC(=O)[C@@]12OC(C3CCCCC3)O[C@@H]1C[C@H]1[C@@H]3CCC4=CC(=O)C=C[C@]4(C)[C@H]3[C@@H](O)C[C@@]12C. The predicted octanol–water partition coefficient (Wildman–Crippen LogP) is 4.70. The minimum atomic E-state index is -1.25. The van der Waals surface area contributed by atoms with Crippen LogP contribution in [0.2, 0.25) is 0 Å². The van der Waals surface area contributed by atoms with Crippen molar-refractivity contribution in [2.24, 2.45) is 40.4 Å². The number of allylic oxidation sites excluding steroid dienone is 4. The Balaban J connectivity index is 1.35. The van der Waals surface area contributed by atoms with Gasteiger partial charge in [0.15, 0.2) is 24.3 Å². The van der Waals surface area contributed by atoms with Crippen molar-refractivity contribution in [3.8, 4) is 0 Å². The van der Waals surface area contributed by atoms with Gasteiger partial charge in [-0.25, -0.2) is 0 Å². The molecule has 1 saturated heterocycles. The summed E-state index contributed by atoms with van der Waals surface area (Å²) in [5, 5.41) is 11.9. The normalized spacial score (nSPS) is 45.3. The van der Waals surface area contributed by atoms with Crippen LogP contribution in [0.1, 0.15) is 85.5 Å². The minimum Gasteiger partial charge on any atom is -0.457 e. The van der Waals surface area contributed by atoms with Crippen LogP contribution in [0.5, 0.6) is 0 Å². The molecule has 1 N–H and O–H groups in total. The second-order valence-corrected chi connectivity index (χ2v) is 13.9. The first-order chi connectivity index (χ1) is 18.5. The highest BCUT2D eigenvalue weighted by Crippen LogP contribution is 2.70. The van der Waals surface area contributed by atoms with Crippen molar-refractivity contribution in [1.29, 1.82) is 0 Å². The number of fused-ring (bicyclic) bond motifs is 7. The molecule has 6 rings (SSSR count). The Labute approximate surface area is 231 Å². The second-order valence-electron chi connectivity index (χ2n) is 13.9. The number of carbonyl (C=O) groups excluding carboxylic acids is 3. The van der Waals surface area contributed by atoms with Crippen LogP contribution in [-0.4, -0.2) is 53.3 Å². The molecule has 0 aromatic rings. The van der Waals surface area contributed by atoms with Crippen LogP contribution in [0, 0.1) is 40.4 Å². The Bertz CT molecular complexity index is 1100. The molecule has 214 valence electrons. The predicted molar refractivity (Wildman–Crippen MR) is 143 cm³/mol. The highest BCUT2D eigenvalue weighted by atomic mass is 16.7. The monoisotopic (exact) mass is 540 g/mol. The molecular formula is C32H44O7. The zero-order chi connectivity index (χ0) is 27.7. The molecule has 7 heteroatoms. The molecule has 0 spiro atoms. The van der Waals surface area contributed by atoms with E-state index in [1.807, 2.05) is 6.08 Å². The third-order valence-corrected chi connectivity index (χ3v) is 11.5. The summed E-state index contributed by atoms with van der Waals surface area (Å²) in [5.74, 6) is -0.471. The van der Waals surface area contributed by atoms with E-state index in [0.29, 0.717) is 12.8 Å². The molecule has 6 aliphatic rings. The average molecular weight is 541 g/mol. The first-order valence-electron chi connectivity index (χ1n) is 15.2. The van der Waals surface area contributed by atoms with E-state index < -0.39 is 35.5 Å². The summed E-state index contributed by atoms with van der Waals surface area (Å²) < 4.78 is 19.0. The van der Waals surface area contributed by atoms with E-state index in [4.69, 9.17) is 14.2 Å². The zero-order valence-electron chi connectivity index (χ0n) is 23.8. The number of aliphatic hydroxyl groups is 1. The third kappa shape index (κ3) is 3.97. The van der Waals surface area contributed by atoms with E-state index in [-0.39, 0.29) is 53.2 Å². The Morgan fingerprint density at radius 3 is 2.62 bits per heavy atom. The Kier molecular flexibility index (Phi) is 6.75. The second kappa shape index (κ2) is 9.63. The van der Waals surface area contributed by atoms with E-state index in [9.17, 15) is 19.5 Å². The van der Waals surface area contributed by atoms with Gasteiger partial charge in [-0.1, -0.05) is 58.6 Å². The van der Waals surface area contributed by atoms with Gasteiger partial charge in [0.05, 0.1) is 18.1 Å². The van der Waals surface area contributed by atoms with Crippen molar-refractivity contribution < 1.29 is 33.7 Å². The topological polar surface area (TPSA) is 99.1 Å². The van der Waals surface area contributed by atoms with Crippen molar-refractivity contribution in [1.82, 2.24) is 0 Å². The van der Waals surface area contributed by atoms with Gasteiger partial charge >= 0.3 is 5.97 Å². The lowest BCUT2D eigenvalue weighted by Gasteiger charge is -2.59. The van der Waals surface area contributed by atoms with Crippen molar-refractivity contribution in [2.75, 3.05) is 6.61 Å². The molecule has 1 aliphatic heterocycles. The minimum absolute atomic E-state index is 0.0162. The molecule has 9 atom stereocenters. The maximum atomic E-state index is 14.2. The summed E-state index contributed by atoms with van der Waals surface area (Å²) in [5.41, 5.74) is -1.19. The number of hydrogen-bond donors (Lipinski definition) is 1. The zero-order valence-corrected chi connectivity index (χ0v) is 23.8. The molecule has 0 radical (unpaired) electrons. The van der Waals surface area contributed by atoms with Crippen LogP contribution in [0.3, 0.4) is 0 Å². The summed E-state index contributed by atoms with van der Waals surface area (Å²) in [6, 6.07) is 0. The van der Waals surface area contributed by atoms with Gasteiger partial charge < -0.3 is 19.3 Å². The summed E-state index contributed by atoms with van der Waals surface area (Å²) in [6.45, 7) is 7.44. The van der Waals surface area contributed by atoms with E-state index in [0.717, 1.165) is 44.1 Å². The molecule has 0 aromatic carbocycles. The maximum Gasteiger partial charge on any atom is 0.308 e. The molecule has 4 saturated carbocycles. The summed E-state index contributed by atoms with van der Waals surface area (Å²) in [7, 11) is 0. The number of ketones is 2. The third-order valence-electron chi connectivity index (χ3n) is 11.5. The lowest BCUT2D eigenvalue weighted by atomic mass is 9.46. The fraction of sp³-hybridized carbons (Fsp3) is 0.781. The summed E-state index contributed by atoms with van der Waals surface area (Å²) in [6.07, 6.45) is 12.2. The number of Topliss-reactive ketones (excluding diaryl/α,β-unsaturated/α-hetero) is 1. The Morgan fingerprint density at radius 1 is 1.15 bits per heavy atom. The van der Waals surface area contributed by atoms with E-state index >= 15 is 0 Å². The number of rotatable bonds is 5. The van der Waals surface area contributed by atoms with Crippen LogP contribution in [-0.2, 0) is 28.6 Å². The van der Waals surface area contributed by atoms with Crippen LogP contribution in [0.25, 0.3) is 0 Å². The first-order valence-corrected chi connectivity index (χ1v) is 15.2. The summed E-state index contributed by atoms with van der Waals surface area (Å²) in [4.78, 5) is 38.7. The quantitative estimate of drug-likeness (QED) is 0.505. The van der Waals surface area contributed by atoms with Crippen molar-refractivity contribution >= 4 is 17.5 Å². The average Bonchev–Trinajstić information content (AvgIpc) is 3.41. The van der Waals surface area contributed by atoms with Gasteiger partial charge in [0.25, 0.3) is 0 Å². The van der Waals surface area contributed by atoms with Gasteiger partial charge in [0.2, 0.25) is 5.78 Å². The van der Waals surface area contributed by atoms with Crippen molar-refractivity contribution in [3.05, 3.63) is 23.8 Å². The highest BCUT2D eigenvalue weighted by molar-refractivity contribution is 6.01. The molecule has 0 bridgehead atoms. The van der Waals surface area contributed by atoms with Gasteiger partial charge in [-0.2, -0.15) is 0 Å². The molecule has 5 aliphatic carbocycles. The van der Waals surface area contributed by atoms with Crippen molar-refractivity contribution in [3.63, 3.8) is 0 Å². The molecule has 5 fully saturated rings. The smallest absolute Gasteiger partial charge is 0.308 e. The van der Waals surface area contributed by atoms with Crippen LogP contribution in [0.4, 0.5) is 0 Å². The van der Waals surface area contributed by atoms with E-state index in [1.54, 1.807) is 26.0 Å². The van der Waals surface area contributed by atoms with Gasteiger partial charge in [0.1, 0.15) is 0 Å². The molecule has 0 aromatic heterocycles. The molecular weight excluding hydrogens is 496 g/mol. The molecule has 1 heterocycles. The largest absolute Gasteiger partial charge is 0.457 e. The number of carbonyl (C=O) groups is 3. The Morgan fingerprint density at radius 2 is 1.90 bits per heavy atom. The number of esters is 1. The van der Waals surface area contributed by atoms with Crippen LogP contribution >= 0.6 is 0 Å². The number of aliphatic hydroxyl groups excluding tert-OH is 1. The Hall–Kier alpha value is -1.83. The standard InChI is InChI=1S/C32H44O7/c1-18(2)28(36)37-17-25(35)32-26(38-29(39-32)19-8-6-5-7-9-19)15-23-22-11-10-20-14-21(33)12-13-30(20,3)27(22)24(34)16-31(23,32)4/h12-14,18-19,22-24,26-27,29,34H,5-11,15-17H2,1-4H3/t22-,23-,24-,26+,27+,29?,30-,31-,32+/m0/s1. The fourth-order valence-corrected chi connectivity index (χ4v) is 9.62.